The molecule has 13 heteroatoms. The van der Waals surface area contributed by atoms with Gasteiger partial charge in [-0.15, -0.1) is 0 Å². The maximum Gasteiger partial charge on any atom is 0.397 e. The Labute approximate surface area is 236 Å². The summed E-state index contributed by atoms with van der Waals surface area (Å²) >= 11 is 0. The van der Waals surface area contributed by atoms with E-state index in [0.717, 1.165) is 6.42 Å². The minimum absolute atomic E-state index is 0.0218. The molecule has 8 N–H and O–H groups in total. The highest BCUT2D eigenvalue weighted by Crippen LogP contribution is 2.69. The zero-order valence-electron chi connectivity index (χ0n) is 23.5. The number of carbonyl (C=O) groups is 1. The minimum Gasteiger partial charge on any atom is -0.394 e. The van der Waals surface area contributed by atoms with Gasteiger partial charge in [-0.3, -0.25) is 9.35 Å². The van der Waals surface area contributed by atoms with Crippen molar-refractivity contribution in [2.24, 2.45) is 40.4 Å². The predicted octanol–water partition coefficient (Wildman–Crippen LogP) is -0.254. The monoisotopic (exact) mass is 593 g/mol. The summed E-state index contributed by atoms with van der Waals surface area (Å²) in [7, 11) is -4.71. The summed E-state index contributed by atoms with van der Waals surface area (Å²) in [5.41, 5.74) is -2.49. The Balaban J connectivity index is 1.46. The second kappa shape index (κ2) is 11.3. The third-order valence-electron chi connectivity index (χ3n) is 11.4. The molecule has 40 heavy (non-hydrogen) atoms. The van der Waals surface area contributed by atoms with E-state index in [1.807, 2.05) is 13.8 Å². The summed E-state index contributed by atoms with van der Waals surface area (Å²) in [6.45, 7) is 4.79. The van der Waals surface area contributed by atoms with Crippen LogP contribution in [0.25, 0.3) is 0 Å². The maximum atomic E-state index is 12.5. The largest absolute Gasteiger partial charge is 0.397 e. The molecule has 13 atom stereocenters. The topological polar surface area (TPSA) is 214 Å². The van der Waals surface area contributed by atoms with Crippen LogP contribution >= 0.6 is 0 Å². The summed E-state index contributed by atoms with van der Waals surface area (Å²) in [5.74, 6) is -1.35. The van der Waals surface area contributed by atoms with Crippen LogP contribution in [0.5, 0.6) is 0 Å². The molecule has 0 aromatic rings. The zero-order chi connectivity index (χ0) is 29.8. The van der Waals surface area contributed by atoms with E-state index in [4.69, 9.17) is 4.55 Å². The molecule has 4 saturated carbocycles. The van der Waals surface area contributed by atoms with Crippen molar-refractivity contribution in [1.82, 2.24) is 5.32 Å². The standard InChI is InChI=1S/C27H47NO11S/c1-14(4-5-20(32)28-15(12-29)13-39-40(36,37)38)21-23(33)24(34)22-17-10-19(31)27(35)11-16(30)6-9-26(27,3)18(17)7-8-25(21,22)2/h14-19,21-24,29-31,33-35H,4-13H2,1-3H3,(H,28,32)(H,36,37,38)/t14-,15+,16+,17?,18?,19-,21+,22?,23-,24-,25-,26-,27+/m1/s1. The third-order valence-corrected chi connectivity index (χ3v) is 11.9. The summed E-state index contributed by atoms with van der Waals surface area (Å²) in [6, 6.07) is -1.03. The highest BCUT2D eigenvalue weighted by molar-refractivity contribution is 7.80. The van der Waals surface area contributed by atoms with Crippen molar-refractivity contribution in [1.29, 1.82) is 0 Å². The molecule has 4 aliphatic carbocycles. The van der Waals surface area contributed by atoms with E-state index in [1.165, 1.54) is 0 Å². The van der Waals surface area contributed by atoms with E-state index >= 15 is 0 Å². The number of amides is 1. The van der Waals surface area contributed by atoms with E-state index in [0.29, 0.717) is 25.7 Å². The van der Waals surface area contributed by atoms with Gasteiger partial charge in [-0.1, -0.05) is 20.8 Å². The van der Waals surface area contributed by atoms with Crippen LogP contribution in [0.2, 0.25) is 0 Å². The fraction of sp³-hybridized carbons (Fsp3) is 0.963. The number of carbonyl (C=O) groups excluding carboxylic acids is 1. The molecule has 3 unspecified atom stereocenters. The lowest BCUT2D eigenvalue weighted by Crippen LogP contribution is -2.69. The van der Waals surface area contributed by atoms with Gasteiger partial charge in [-0.25, -0.2) is 4.18 Å². The van der Waals surface area contributed by atoms with Crippen LogP contribution in [0.4, 0.5) is 0 Å². The smallest absolute Gasteiger partial charge is 0.394 e. The second-order valence-corrected chi connectivity index (χ2v) is 14.6. The normalized spacial score (nSPS) is 46.5. The quantitative estimate of drug-likeness (QED) is 0.163. The molecule has 0 aromatic heterocycles. The number of nitrogens with one attached hydrogen (secondary N) is 1. The Morgan fingerprint density at radius 3 is 2.40 bits per heavy atom. The van der Waals surface area contributed by atoms with E-state index in [-0.39, 0.29) is 48.9 Å². The SMILES string of the molecule is C[C@H](CCC(=O)N[C@@H](CO)COS(=O)(=O)O)[C@H]1[C@@H](O)[C@H](O)C2C3C[C@@H](O)[C@@]4(O)C[C@@H](O)CC[C@]4(C)C3CC[C@@]21C. The maximum absolute atomic E-state index is 12.5. The van der Waals surface area contributed by atoms with Gasteiger partial charge in [0.1, 0.15) is 0 Å². The number of hydrogen-bond donors (Lipinski definition) is 8. The Morgan fingerprint density at radius 2 is 1.77 bits per heavy atom. The Bertz CT molecular complexity index is 1040. The molecule has 0 radical (unpaired) electrons. The first-order valence-corrected chi connectivity index (χ1v) is 15.8. The highest BCUT2D eigenvalue weighted by Gasteiger charge is 2.70. The number of rotatable bonds is 9. The third kappa shape index (κ3) is 5.46. The van der Waals surface area contributed by atoms with Crippen molar-refractivity contribution in [3.63, 3.8) is 0 Å². The molecule has 0 saturated heterocycles. The fourth-order valence-corrected chi connectivity index (χ4v) is 9.86. The summed E-state index contributed by atoms with van der Waals surface area (Å²) in [6.07, 6.45) is -0.377. The number of aliphatic hydroxyl groups is 6. The van der Waals surface area contributed by atoms with E-state index in [2.05, 4.69) is 16.4 Å². The first kappa shape index (κ1) is 32.0. The lowest BCUT2D eigenvalue weighted by atomic mass is 9.42. The van der Waals surface area contributed by atoms with Crippen LogP contribution in [0.15, 0.2) is 0 Å². The van der Waals surface area contributed by atoms with E-state index in [1.54, 1.807) is 0 Å². The van der Waals surface area contributed by atoms with Gasteiger partial charge in [0.05, 0.1) is 49.3 Å². The summed E-state index contributed by atoms with van der Waals surface area (Å²) < 4.78 is 34.5. The van der Waals surface area contributed by atoms with Crippen molar-refractivity contribution in [3.8, 4) is 0 Å². The van der Waals surface area contributed by atoms with Crippen LogP contribution in [-0.4, -0.2) is 98.8 Å². The van der Waals surface area contributed by atoms with Gasteiger partial charge in [-0.05, 0) is 73.5 Å². The van der Waals surface area contributed by atoms with Crippen LogP contribution in [0, 0.1) is 40.4 Å². The van der Waals surface area contributed by atoms with Gasteiger partial charge in [0.15, 0.2) is 0 Å². The predicted molar refractivity (Wildman–Crippen MR) is 142 cm³/mol. The highest BCUT2D eigenvalue weighted by atomic mass is 32.3. The molecule has 0 bridgehead atoms. The lowest BCUT2D eigenvalue weighted by molar-refractivity contribution is -0.268. The van der Waals surface area contributed by atoms with Crippen LogP contribution in [0.3, 0.4) is 0 Å². The zero-order valence-corrected chi connectivity index (χ0v) is 24.3. The molecule has 0 aliphatic heterocycles. The number of aliphatic hydroxyl groups excluding tert-OH is 5. The number of hydrogen-bond acceptors (Lipinski definition) is 10. The van der Waals surface area contributed by atoms with E-state index < -0.39 is 76.4 Å². The molecule has 4 rings (SSSR count). The molecule has 4 fully saturated rings. The lowest BCUT2D eigenvalue weighted by Gasteiger charge is -2.65. The van der Waals surface area contributed by atoms with Crippen LogP contribution in [-0.2, 0) is 19.4 Å². The molecule has 0 heterocycles. The van der Waals surface area contributed by atoms with Crippen molar-refractivity contribution < 1.29 is 52.6 Å². The van der Waals surface area contributed by atoms with Crippen LogP contribution < -0.4 is 5.32 Å². The van der Waals surface area contributed by atoms with Crippen molar-refractivity contribution in [2.45, 2.75) is 108 Å². The van der Waals surface area contributed by atoms with Gasteiger partial charge in [0.25, 0.3) is 0 Å². The molecule has 1 amide bonds. The molecule has 232 valence electrons. The average molecular weight is 594 g/mol. The fourth-order valence-electron chi connectivity index (χ4n) is 9.52. The first-order valence-electron chi connectivity index (χ1n) is 14.4. The van der Waals surface area contributed by atoms with Crippen molar-refractivity contribution in [3.05, 3.63) is 0 Å². The minimum atomic E-state index is -4.71. The molecular formula is C27H47NO11S. The first-order chi connectivity index (χ1) is 18.5. The molecular weight excluding hydrogens is 546 g/mol. The Hall–Kier alpha value is -0.900. The van der Waals surface area contributed by atoms with Crippen molar-refractivity contribution >= 4 is 16.3 Å². The molecule has 12 nitrogen and oxygen atoms in total. The van der Waals surface area contributed by atoms with Crippen molar-refractivity contribution in [2.75, 3.05) is 13.2 Å². The van der Waals surface area contributed by atoms with Gasteiger partial charge in [-0.2, -0.15) is 8.42 Å². The second-order valence-electron chi connectivity index (χ2n) is 13.5. The van der Waals surface area contributed by atoms with Gasteiger partial charge < -0.3 is 36.0 Å². The molecule has 4 aliphatic rings. The summed E-state index contributed by atoms with van der Waals surface area (Å²) in [4.78, 5) is 12.5. The molecule has 0 aromatic carbocycles. The van der Waals surface area contributed by atoms with Gasteiger partial charge >= 0.3 is 10.4 Å². The number of fused-ring (bicyclic) bond motifs is 5. The Kier molecular flexibility index (Phi) is 9.05. The Morgan fingerprint density at radius 1 is 1.10 bits per heavy atom. The van der Waals surface area contributed by atoms with Crippen LogP contribution in [0.1, 0.15) is 72.1 Å². The van der Waals surface area contributed by atoms with Gasteiger partial charge in [0, 0.05) is 18.3 Å². The average Bonchev–Trinajstić information content (AvgIpc) is 3.06. The molecule has 0 spiro atoms. The van der Waals surface area contributed by atoms with E-state index in [9.17, 15) is 43.9 Å². The van der Waals surface area contributed by atoms with Gasteiger partial charge in [0.2, 0.25) is 5.91 Å². The summed E-state index contributed by atoms with van der Waals surface area (Å²) in [5, 5.41) is 67.8.